The van der Waals surface area contributed by atoms with E-state index in [0.29, 0.717) is 0 Å². The van der Waals surface area contributed by atoms with Crippen molar-refractivity contribution in [2.24, 2.45) is 4.99 Å². The van der Waals surface area contributed by atoms with Crippen molar-refractivity contribution in [1.29, 1.82) is 0 Å². The smallest absolute Gasteiger partial charge is 0.193 e. The molecule has 1 fully saturated rings. The Balaban J connectivity index is 1.52. The lowest BCUT2D eigenvalue weighted by Gasteiger charge is -2.38. The summed E-state index contributed by atoms with van der Waals surface area (Å²) in [4.78, 5) is 9.16. The topological polar surface area (TPSA) is 61.6 Å². The summed E-state index contributed by atoms with van der Waals surface area (Å²) in [6, 6.07) is 6.09. The Morgan fingerprint density at radius 1 is 1.26 bits per heavy atom. The van der Waals surface area contributed by atoms with Crippen LogP contribution in [0.2, 0.25) is 5.02 Å². The lowest BCUT2D eigenvalue weighted by molar-refractivity contribution is 0.371. The van der Waals surface area contributed by atoms with E-state index < -0.39 is 0 Å². The maximum absolute atomic E-state index is 6.18. The van der Waals surface area contributed by atoms with E-state index in [1.165, 1.54) is 11.3 Å². The van der Waals surface area contributed by atoms with Crippen molar-refractivity contribution >= 4 is 23.2 Å². The lowest BCUT2D eigenvalue weighted by atomic mass is 10.1. The number of rotatable bonds is 5. The fourth-order valence-electron chi connectivity index (χ4n) is 3.44. The van der Waals surface area contributed by atoms with Gasteiger partial charge in [0, 0.05) is 63.4 Å². The molecule has 0 atom stereocenters. The zero-order valence-corrected chi connectivity index (χ0v) is 17.1. The Hall–Kier alpha value is -2.28. The molecule has 1 aliphatic heterocycles. The highest BCUT2D eigenvalue weighted by atomic mass is 35.5. The summed E-state index contributed by atoms with van der Waals surface area (Å²) in [6.07, 6.45) is 2.68. The Bertz CT molecular complexity index is 778. The fraction of sp³-hybridized carbons (Fsp3) is 0.526. The van der Waals surface area contributed by atoms with Crippen LogP contribution in [0.3, 0.4) is 0 Å². The first-order valence-electron chi connectivity index (χ1n) is 9.45. The Kier molecular flexibility index (Phi) is 6.55. The van der Waals surface area contributed by atoms with Gasteiger partial charge < -0.3 is 19.7 Å². The van der Waals surface area contributed by atoms with E-state index in [1.807, 2.05) is 13.1 Å². The third-order valence-electron chi connectivity index (χ3n) is 4.95. The van der Waals surface area contributed by atoms with E-state index in [2.05, 4.69) is 60.9 Å². The molecule has 2 aromatic rings. The van der Waals surface area contributed by atoms with Crippen molar-refractivity contribution in [2.75, 3.05) is 44.7 Å². The van der Waals surface area contributed by atoms with Crippen molar-refractivity contribution in [3.8, 4) is 0 Å². The van der Waals surface area contributed by atoms with Crippen LogP contribution in [-0.2, 0) is 13.0 Å². The summed E-state index contributed by atoms with van der Waals surface area (Å²) in [5.41, 5.74) is 2.49. The first kappa shape index (κ1) is 19.5. The highest BCUT2D eigenvalue weighted by Crippen LogP contribution is 2.25. The monoisotopic (exact) mass is 389 g/mol. The highest BCUT2D eigenvalue weighted by molar-refractivity contribution is 6.30. The Morgan fingerprint density at radius 2 is 2.04 bits per heavy atom. The summed E-state index contributed by atoms with van der Waals surface area (Å²) in [7, 11) is 1.84. The number of nitrogens with one attached hydrogen (secondary N) is 1. The van der Waals surface area contributed by atoms with Gasteiger partial charge in [-0.15, -0.1) is 10.2 Å². The molecule has 146 valence electrons. The van der Waals surface area contributed by atoms with Crippen molar-refractivity contribution < 1.29 is 0 Å². The molecule has 0 saturated carbocycles. The fourth-order valence-corrected chi connectivity index (χ4v) is 3.61. The second-order valence-corrected chi connectivity index (χ2v) is 7.11. The molecule has 0 radical (unpaired) electrons. The number of piperazine rings is 1. The van der Waals surface area contributed by atoms with Crippen molar-refractivity contribution in [2.45, 2.75) is 26.8 Å². The maximum Gasteiger partial charge on any atom is 0.193 e. The van der Waals surface area contributed by atoms with Gasteiger partial charge in [0.05, 0.1) is 0 Å². The van der Waals surface area contributed by atoms with Crippen LogP contribution in [0.1, 0.15) is 18.3 Å². The standard InChI is InChI=1S/C19H28ClN7/c1-4-18-24-23-14-27(18)8-7-22-19(21-3)26-11-9-25(10-12-26)17-13-16(20)6-5-15(17)2/h5-6,13-14H,4,7-12H2,1-3H3,(H,21,22). The van der Waals surface area contributed by atoms with E-state index in [0.717, 1.165) is 62.5 Å². The molecule has 0 amide bonds. The summed E-state index contributed by atoms with van der Waals surface area (Å²) >= 11 is 6.18. The molecule has 0 bridgehead atoms. The van der Waals surface area contributed by atoms with Crippen LogP contribution in [0.15, 0.2) is 29.5 Å². The average Bonchev–Trinajstić information content (AvgIpc) is 3.15. The zero-order chi connectivity index (χ0) is 19.2. The first-order valence-corrected chi connectivity index (χ1v) is 9.83. The van der Waals surface area contributed by atoms with E-state index in [-0.39, 0.29) is 0 Å². The van der Waals surface area contributed by atoms with Crippen LogP contribution >= 0.6 is 11.6 Å². The van der Waals surface area contributed by atoms with Crippen LogP contribution in [0.4, 0.5) is 5.69 Å². The molecule has 0 unspecified atom stereocenters. The van der Waals surface area contributed by atoms with Crippen molar-refractivity contribution in [3.63, 3.8) is 0 Å². The largest absolute Gasteiger partial charge is 0.368 e. The van der Waals surface area contributed by atoms with Gasteiger partial charge in [-0.3, -0.25) is 4.99 Å². The number of anilines is 1. The van der Waals surface area contributed by atoms with Crippen LogP contribution in [0, 0.1) is 6.92 Å². The normalized spacial score (nSPS) is 15.3. The van der Waals surface area contributed by atoms with Crippen LogP contribution < -0.4 is 10.2 Å². The number of hydrogen-bond acceptors (Lipinski definition) is 4. The quantitative estimate of drug-likeness (QED) is 0.627. The number of aromatic nitrogens is 3. The molecule has 1 N–H and O–H groups in total. The van der Waals surface area contributed by atoms with Gasteiger partial charge in [0.1, 0.15) is 12.2 Å². The summed E-state index contributed by atoms with van der Waals surface area (Å²) in [5.74, 6) is 1.96. The minimum absolute atomic E-state index is 0.788. The Labute approximate surface area is 166 Å². The van der Waals surface area contributed by atoms with E-state index in [4.69, 9.17) is 11.6 Å². The summed E-state index contributed by atoms with van der Waals surface area (Å²) < 4.78 is 2.08. The number of benzene rings is 1. The SMILES string of the molecule is CCc1nncn1CCNC(=NC)N1CCN(c2cc(Cl)ccc2C)CC1. The molecule has 3 rings (SSSR count). The molecular formula is C19H28ClN7. The highest BCUT2D eigenvalue weighted by Gasteiger charge is 2.20. The molecule has 7 nitrogen and oxygen atoms in total. The molecule has 2 heterocycles. The number of hydrogen-bond donors (Lipinski definition) is 1. The third-order valence-corrected chi connectivity index (χ3v) is 5.19. The number of nitrogens with zero attached hydrogens (tertiary/aromatic N) is 6. The molecular weight excluding hydrogens is 362 g/mol. The lowest BCUT2D eigenvalue weighted by Crippen LogP contribution is -2.53. The minimum Gasteiger partial charge on any atom is -0.368 e. The molecule has 1 saturated heterocycles. The van der Waals surface area contributed by atoms with Gasteiger partial charge >= 0.3 is 0 Å². The van der Waals surface area contributed by atoms with E-state index >= 15 is 0 Å². The van der Waals surface area contributed by atoms with Gasteiger partial charge in [0.2, 0.25) is 0 Å². The van der Waals surface area contributed by atoms with Crippen LogP contribution in [0.5, 0.6) is 0 Å². The van der Waals surface area contributed by atoms with Gasteiger partial charge in [-0.05, 0) is 24.6 Å². The van der Waals surface area contributed by atoms with Gasteiger partial charge in [-0.25, -0.2) is 0 Å². The summed E-state index contributed by atoms with van der Waals surface area (Å²) in [5, 5.41) is 12.4. The molecule has 8 heteroatoms. The number of halogens is 1. The molecule has 1 aromatic carbocycles. The van der Waals surface area contributed by atoms with Gasteiger partial charge in [0.25, 0.3) is 0 Å². The molecule has 1 aromatic heterocycles. The van der Waals surface area contributed by atoms with Crippen molar-refractivity contribution in [3.05, 3.63) is 40.9 Å². The number of aliphatic imine (C=N–C) groups is 1. The predicted molar refractivity (Wildman–Crippen MR) is 111 cm³/mol. The molecule has 27 heavy (non-hydrogen) atoms. The Morgan fingerprint density at radius 3 is 2.74 bits per heavy atom. The molecule has 0 aliphatic carbocycles. The summed E-state index contributed by atoms with van der Waals surface area (Å²) in [6.45, 7) is 9.61. The van der Waals surface area contributed by atoms with E-state index in [1.54, 1.807) is 6.33 Å². The molecule has 0 spiro atoms. The second-order valence-electron chi connectivity index (χ2n) is 6.67. The average molecular weight is 390 g/mol. The zero-order valence-electron chi connectivity index (χ0n) is 16.3. The van der Waals surface area contributed by atoms with Crippen LogP contribution in [-0.4, -0.2) is 65.4 Å². The maximum atomic E-state index is 6.18. The van der Waals surface area contributed by atoms with Gasteiger partial charge in [-0.2, -0.15) is 0 Å². The third kappa shape index (κ3) is 4.71. The minimum atomic E-state index is 0.788. The van der Waals surface area contributed by atoms with Crippen LogP contribution in [0.25, 0.3) is 0 Å². The van der Waals surface area contributed by atoms with Crippen molar-refractivity contribution in [1.82, 2.24) is 25.0 Å². The number of aryl methyl sites for hydroxylation is 2. The predicted octanol–water partition coefficient (Wildman–Crippen LogP) is 2.20. The second kappa shape index (κ2) is 9.08. The number of guanidine groups is 1. The van der Waals surface area contributed by atoms with E-state index in [9.17, 15) is 0 Å². The first-order chi connectivity index (χ1) is 13.1. The molecule has 1 aliphatic rings. The van der Waals surface area contributed by atoms with Gasteiger partial charge in [0.15, 0.2) is 5.96 Å². The van der Waals surface area contributed by atoms with Gasteiger partial charge in [-0.1, -0.05) is 24.6 Å².